The fourth-order valence-electron chi connectivity index (χ4n) is 2.32. The topological polar surface area (TPSA) is 60.4 Å². The number of carbonyl (C=O) groups is 1. The summed E-state index contributed by atoms with van der Waals surface area (Å²) in [5.74, 6) is -0.256. The molecule has 0 aromatic heterocycles. The standard InChI is InChI=1S/C20H19F3O4S3/c1-27-19(24)17-7-3-15(4-8-17)13-29-28-11-2-12-30(25,26)14-16-5-9-18(10-6-16)20(21,22)23/h2-11H,12-14H2,1H3/b11-2+. The molecule has 0 aliphatic carbocycles. The fraction of sp³-hybridized carbons (Fsp3) is 0.250. The first-order valence-electron chi connectivity index (χ1n) is 8.58. The molecule has 0 radical (unpaired) electrons. The summed E-state index contributed by atoms with van der Waals surface area (Å²) in [6.45, 7) is 0. The first kappa shape index (κ1) is 24.4. The average Bonchev–Trinajstić information content (AvgIpc) is 2.70. The number of methoxy groups -OCH3 is 1. The molecule has 30 heavy (non-hydrogen) atoms. The summed E-state index contributed by atoms with van der Waals surface area (Å²) in [6, 6.07) is 11.1. The van der Waals surface area contributed by atoms with E-state index < -0.39 is 27.5 Å². The molecule has 0 saturated heterocycles. The van der Waals surface area contributed by atoms with Crippen LogP contribution in [0.2, 0.25) is 0 Å². The average molecular weight is 477 g/mol. The Labute approximate surface area is 181 Å². The first-order valence-corrected chi connectivity index (χ1v) is 12.8. The van der Waals surface area contributed by atoms with Crippen LogP contribution in [-0.2, 0) is 32.3 Å². The molecule has 0 aliphatic heterocycles. The molecule has 0 amide bonds. The molecular weight excluding hydrogens is 457 g/mol. The Morgan fingerprint density at radius 3 is 2.20 bits per heavy atom. The van der Waals surface area contributed by atoms with Gasteiger partial charge in [0.25, 0.3) is 0 Å². The van der Waals surface area contributed by atoms with Gasteiger partial charge in [0.05, 0.1) is 29.7 Å². The van der Waals surface area contributed by atoms with Crippen molar-refractivity contribution in [2.45, 2.75) is 17.7 Å². The second-order valence-corrected chi connectivity index (χ2v) is 10.6. The van der Waals surface area contributed by atoms with Crippen LogP contribution in [0.3, 0.4) is 0 Å². The SMILES string of the molecule is COC(=O)c1ccc(CSS/C=C/CS(=O)(=O)Cc2ccc(C(F)(F)F)cc2)cc1. The van der Waals surface area contributed by atoms with Gasteiger partial charge in [0.2, 0.25) is 0 Å². The van der Waals surface area contributed by atoms with E-state index in [1.54, 1.807) is 17.5 Å². The van der Waals surface area contributed by atoms with Gasteiger partial charge >= 0.3 is 12.1 Å². The van der Waals surface area contributed by atoms with Crippen LogP contribution in [0.4, 0.5) is 13.2 Å². The van der Waals surface area contributed by atoms with E-state index in [2.05, 4.69) is 4.74 Å². The minimum absolute atomic E-state index is 0.199. The number of esters is 1. The van der Waals surface area contributed by atoms with Gasteiger partial charge in [0.15, 0.2) is 9.84 Å². The minimum Gasteiger partial charge on any atom is -0.465 e. The van der Waals surface area contributed by atoms with Crippen molar-refractivity contribution in [2.75, 3.05) is 12.9 Å². The quantitative estimate of drug-likeness (QED) is 0.271. The summed E-state index contributed by atoms with van der Waals surface area (Å²) < 4.78 is 66.5. The van der Waals surface area contributed by atoms with E-state index in [0.717, 1.165) is 17.7 Å². The highest BCUT2D eigenvalue weighted by atomic mass is 33.1. The predicted molar refractivity (Wildman–Crippen MR) is 115 cm³/mol. The van der Waals surface area contributed by atoms with Crippen molar-refractivity contribution in [1.29, 1.82) is 0 Å². The lowest BCUT2D eigenvalue weighted by Gasteiger charge is -2.07. The number of halogens is 3. The molecule has 2 aromatic rings. The van der Waals surface area contributed by atoms with Gasteiger partial charge in [0, 0.05) is 5.75 Å². The van der Waals surface area contributed by atoms with Gasteiger partial charge in [-0.2, -0.15) is 13.2 Å². The number of ether oxygens (including phenoxy) is 1. The highest BCUT2D eigenvalue weighted by Gasteiger charge is 2.30. The van der Waals surface area contributed by atoms with Gasteiger partial charge in [-0.1, -0.05) is 51.9 Å². The van der Waals surface area contributed by atoms with Crippen molar-refractivity contribution in [3.63, 3.8) is 0 Å². The molecule has 0 bridgehead atoms. The number of carbonyl (C=O) groups excluding carboxylic acids is 1. The van der Waals surface area contributed by atoms with Gasteiger partial charge in [-0.3, -0.25) is 0 Å². The molecule has 0 unspecified atom stereocenters. The predicted octanol–water partition coefficient (Wildman–Crippen LogP) is 5.50. The zero-order valence-electron chi connectivity index (χ0n) is 15.9. The van der Waals surface area contributed by atoms with E-state index in [9.17, 15) is 26.4 Å². The molecule has 0 atom stereocenters. The Kier molecular flexibility index (Phi) is 8.87. The third kappa shape index (κ3) is 8.08. The number of hydrogen-bond acceptors (Lipinski definition) is 6. The first-order chi connectivity index (χ1) is 14.1. The molecule has 2 aromatic carbocycles. The Morgan fingerprint density at radius 2 is 1.63 bits per heavy atom. The van der Waals surface area contributed by atoms with Crippen molar-refractivity contribution in [1.82, 2.24) is 0 Å². The van der Waals surface area contributed by atoms with Gasteiger partial charge in [-0.15, -0.1) is 0 Å². The maximum Gasteiger partial charge on any atom is 0.416 e. The van der Waals surface area contributed by atoms with Crippen LogP contribution in [0.5, 0.6) is 0 Å². The maximum atomic E-state index is 12.5. The summed E-state index contributed by atoms with van der Waals surface area (Å²) in [5.41, 5.74) is 0.978. The molecular formula is C20H19F3O4S3. The summed E-state index contributed by atoms with van der Waals surface area (Å²) in [4.78, 5) is 11.4. The van der Waals surface area contributed by atoms with Crippen molar-refractivity contribution in [3.05, 3.63) is 82.3 Å². The number of benzene rings is 2. The van der Waals surface area contributed by atoms with E-state index >= 15 is 0 Å². The Morgan fingerprint density at radius 1 is 1.03 bits per heavy atom. The second-order valence-electron chi connectivity index (χ2n) is 6.17. The van der Waals surface area contributed by atoms with Crippen molar-refractivity contribution >= 4 is 37.4 Å². The monoisotopic (exact) mass is 476 g/mol. The van der Waals surface area contributed by atoms with Gasteiger partial charge in [-0.05, 0) is 40.8 Å². The fourth-order valence-corrected chi connectivity index (χ4v) is 5.39. The van der Waals surface area contributed by atoms with E-state index in [1.165, 1.54) is 46.9 Å². The number of hydrogen-bond donors (Lipinski definition) is 0. The van der Waals surface area contributed by atoms with Crippen LogP contribution in [0, 0.1) is 0 Å². The van der Waals surface area contributed by atoms with Crippen LogP contribution >= 0.6 is 21.6 Å². The molecule has 0 fully saturated rings. The summed E-state index contributed by atoms with van der Waals surface area (Å²) >= 11 is 0. The molecule has 0 saturated carbocycles. The molecule has 0 spiro atoms. The largest absolute Gasteiger partial charge is 0.465 e. The highest BCUT2D eigenvalue weighted by molar-refractivity contribution is 8.77. The summed E-state index contributed by atoms with van der Waals surface area (Å²) in [7, 11) is 0.713. The van der Waals surface area contributed by atoms with E-state index in [0.29, 0.717) is 16.9 Å². The van der Waals surface area contributed by atoms with Gasteiger partial charge in [-0.25, -0.2) is 13.2 Å². The van der Waals surface area contributed by atoms with Crippen molar-refractivity contribution in [3.8, 4) is 0 Å². The lowest BCUT2D eigenvalue weighted by atomic mass is 10.1. The molecule has 0 aliphatic rings. The van der Waals surface area contributed by atoms with E-state index in [4.69, 9.17) is 0 Å². The van der Waals surface area contributed by atoms with E-state index in [-0.39, 0.29) is 11.5 Å². The molecule has 162 valence electrons. The van der Waals surface area contributed by atoms with Crippen LogP contribution in [-0.4, -0.2) is 27.2 Å². The van der Waals surface area contributed by atoms with Crippen LogP contribution in [0.25, 0.3) is 0 Å². The third-order valence-electron chi connectivity index (χ3n) is 3.84. The molecule has 10 heteroatoms. The number of sulfone groups is 1. The smallest absolute Gasteiger partial charge is 0.416 e. The molecule has 2 rings (SSSR count). The maximum absolute atomic E-state index is 12.5. The van der Waals surface area contributed by atoms with Crippen LogP contribution in [0.15, 0.2) is 60.0 Å². The second kappa shape index (κ2) is 10.9. The lowest BCUT2D eigenvalue weighted by molar-refractivity contribution is -0.137. The van der Waals surface area contributed by atoms with Gasteiger partial charge in [0.1, 0.15) is 0 Å². The molecule has 4 nitrogen and oxygen atoms in total. The normalized spacial score (nSPS) is 12.3. The lowest BCUT2D eigenvalue weighted by Crippen LogP contribution is -2.08. The number of rotatable bonds is 9. The number of alkyl halides is 3. The van der Waals surface area contributed by atoms with Crippen molar-refractivity contribution in [2.24, 2.45) is 0 Å². The Hall–Kier alpha value is -1.91. The highest BCUT2D eigenvalue weighted by Crippen LogP contribution is 2.29. The summed E-state index contributed by atoms with van der Waals surface area (Å²) in [5, 5.41) is 1.66. The Balaban J connectivity index is 1.76. The Bertz CT molecular complexity index is 968. The summed E-state index contributed by atoms with van der Waals surface area (Å²) in [6.07, 6.45) is -2.93. The van der Waals surface area contributed by atoms with Gasteiger partial charge < -0.3 is 4.74 Å². The van der Waals surface area contributed by atoms with Crippen LogP contribution in [0.1, 0.15) is 27.0 Å². The zero-order chi connectivity index (χ0) is 22.2. The van der Waals surface area contributed by atoms with E-state index in [1.807, 2.05) is 12.1 Å². The zero-order valence-corrected chi connectivity index (χ0v) is 18.3. The third-order valence-corrected chi connectivity index (χ3v) is 7.30. The molecule has 0 N–H and O–H groups in total. The molecule has 0 heterocycles. The van der Waals surface area contributed by atoms with Crippen molar-refractivity contribution < 1.29 is 31.1 Å². The minimum atomic E-state index is -4.45. The van der Waals surface area contributed by atoms with Crippen LogP contribution < -0.4 is 0 Å².